The molecule has 0 aliphatic rings. The molecule has 1 radical (unpaired) electrons. The number of carbonyl (C=O) groups excluding carboxylic acids is 6. The van der Waals surface area contributed by atoms with Gasteiger partial charge in [-0.1, -0.05) is 0 Å². The smallest absolute Gasteiger partial charge is 0.550 e. The first-order valence-corrected chi connectivity index (χ1v) is 6.96. The fourth-order valence-corrected chi connectivity index (χ4v) is 0.834. The number of hydrogen-bond acceptors (Lipinski definition) is 9. The van der Waals surface area contributed by atoms with Crippen LogP contribution in [0.4, 0.5) is 0 Å². The molecular weight excluding hydrogens is 380 g/mol. The number of ketones is 3. The van der Waals surface area contributed by atoms with Gasteiger partial charge < -0.3 is 44.1 Å². The Morgan fingerprint density at radius 2 is 0.640 bits per heavy atom. The Morgan fingerprint density at radius 3 is 0.680 bits per heavy atom. The monoisotopic (exact) mass is 401 g/mol. The van der Waals surface area contributed by atoms with Crippen LogP contribution in [0.5, 0.6) is 0 Å². The van der Waals surface area contributed by atoms with Gasteiger partial charge in [-0.3, -0.25) is 0 Å². The number of carboxylic acids is 3. The summed E-state index contributed by atoms with van der Waals surface area (Å²) in [5, 5.41) is 28.9. The molecule has 0 rings (SSSR count). The Hall–Kier alpha value is -2.06. The van der Waals surface area contributed by atoms with Gasteiger partial charge in [0.2, 0.25) is 0 Å². The van der Waals surface area contributed by atoms with E-state index in [-0.39, 0.29) is 72.9 Å². The van der Waals surface area contributed by atoms with E-state index in [1.54, 1.807) is 0 Å². The molecular formula is C15H21FeO9. The van der Waals surface area contributed by atoms with Crippen molar-refractivity contribution >= 4 is 35.3 Å². The van der Waals surface area contributed by atoms with E-state index in [0.717, 1.165) is 0 Å². The molecule has 0 aromatic rings. The molecule has 0 saturated carbocycles. The normalized spacial score (nSPS) is 8.28. The summed E-state index contributed by atoms with van der Waals surface area (Å²) in [6, 6.07) is 0. The zero-order chi connectivity index (χ0) is 19.7. The largest absolute Gasteiger partial charge is 3.00 e. The Labute approximate surface area is 156 Å². The molecule has 0 spiro atoms. The van der Waals surface area contributed by atoms with E-state index in [1.165, 1.54) is 20.8 Å². The molecule has 0 heterocycles. The zero-order valence-electron chi connectivity index (χ0n) is 14.3. The second-order valence-electron chi connectivity index (χ2n) is 4.72. The third kappa shape index (κ3) is 52.1. The number of rotatable bonds is 9. The van der Waals surface area contributed by atoms with Crippen molar-refractivity contribution in [1.82, 2.24) is 0 Å². The topological polar surface area (TPSA) is 172 Å². The van der Waals surface area contributed by atoms with Crippen molar-refractivity contribution in [2.24, 2.45) is 0 Å². The Kier molecular flexibility index (Phi) is 24.6. The molecule has 0 amide bonds. The predicted molar refractivity (Wildman–Crippen MR) is 74.8 cm³/mol. The minimum Gasteiger partial charge on any atom is -0.550 e. The Bertz CT molecular complexity index is 349. The Morgan fingerprint density at radius 1 is 0.480 bits per heavy atom. The second kappa shape index (κ2) is 20.0. The van der Waals surface area contributed by atoms with Crippen LogP contribution in [-0.4, -0.2) is 35.3 Å². The van der Waals surface area contributed by atoms with Crippen LogP contribution in [0.2, 0.25) is 0 Å². The van der Waals surface area contributed by atoms with E-state index >= 15 is 0 Å². The standard InChI is InChI=1S/3C5H8O3.Fe/c3*1-4(6)2-3-5(7)8;/h3*2-3H2,1H3,(H,7,8);/q;;;+3/p-3. The summed E-state index contributed by atoms with van der Waals surface area (Å²) in [4.78, 5) is 59.1. The molecule has 143 valence electrons. The van der Waals surface area contributed by atoms with Crippen LogP contribution in [0, 0.1) is 0 Å². The molecule has 0 N–H and O–H groups in total. The van der Waals surface area contributed by atoms with Crippen LogP contribution in [-0.2, 0) is 45.8 Å². The number of hydrogen-bond donors (Lipinski definition) is 0. The summed E-state index contributed by atoms with van der Waals surface area (Å²) in [5.74, 6) is -3.85. The average Bonchev–Trinajstić information content (AvgIpc) is 2.42. The Balaban J connectivity index is -0.000000130. The van der Waals surface area contributed by atoms with E-state index in [9.17, 15) is 44.1 Å². The van der Waals surface area contributed by atoms with E-state index in [4.69, 9.17) is 0 Å². The molecule has 0 atom stereocenters. The summed E-state index contributed by atoms with van der Waals surface area (Å²) in [5.41, 5.74) is 0. The zero-order valence-corrected chi connectivity index (χ0v) is 15.4. The summed E-state index contributed by atoms with van der Waals surface area (Å²) >= 11 is 0. The van der Waals surface area contributed by atoms with Gasteiger partial charge in [0.1, 0.15) is 17.3 Å². The number of carbonyl (C=O) groups is 6. The summed E-state index contributed by atoms with van der Waals surface area (Å²) in [6.45, 7) is 4.05. The molecule has 0 aromatic heterocycles. The molecule has 9 nitrogen and oxygen atoms in total. The molecule has 10 heteroatoms. The maximum absolute atomic E-state index is 10.1. The van der Waals surface area contributed by atoms with Crippen molar-refractivity contribution in [1.29, 1.82) is 0 Å². The van der Waals surface area contributed by atoms with Crippen LogP contribution in [0.3, 0.4) is 0 Å². The van der Waals surface area contributed by atoms with Crippen molar-refractivity contribution in [3.05, 3.63) is 0 Å². The van der Waals surface area contributed by atoms with Crippen LogP contribution < -0.4 is 15.3 Å². The molecule has 25 heavy (non-hydrogen) atoms. The van der Waals surface area contributed by atoms with Gasteiger partial charge >= 0.3 is 17.1 Å². The van der Waals surface area contributed by atoms with Crippen LogP contribution in [0.1, 0.15) is 59.3 Å². The van der Waals surface area contributed by atoms with E-state index < -0.39 is 17.9 Å². The number of carboxylic acid groups (broad SMARTS) is 3. The summed E-state index contributed by atoms with van der Waals surface area (Å²) in [6.07, 6.45) is -0.215. The molecule has 0 saturated heterocycles. The molecule has 0 fully saturated rings. The van der Waals surface area contributed by atoms with Crippen molar-refractivity contribution in [2.75, 3.05) is 0 Å². The van der Waals surface area contributed by atoms with E-state index in [1.807, 2.05) is 0 Å². The second-order valence-corrected chi connectivity index (χ2v) is 4.72. The quantitative estimate of drug-likeness (QED) is 0.373. The van der Waals surface area contributed by atoms with E-state index in [0.29, 0.717) is 0 Å². The van der Waals surface area contributed by atoms with Crippen LogP contribution in [0.15, 0.2) is 0 Å². The van der Waals surface area contributed by atoms with Gasteiger partial charge in [-0.05, 0) is 40.0 Å². The summed E-state index contributed by atoms with van der Waals surface area (Å²) < 4.78 is 0. The molecule has 0 aromatic carbocycles. The minimum atomic E-state index is -1.17. The fraction of sp³-hybridized carbons (Fsp3) is 0.600. The van der Waals surface area contributed by atoms with Gasteiger partial charge in [-0.2, -0.15) is 0 Å². The maximum atomic E-state index is 10.1. The third-order valence-electron chi connectivity index (χ3n) is 2.04. The molecule has 0 aliphatic carbocycles. The van der Waals surface area contributed by atoms with Crippen molar-refractivity contribution in [2.45, 2.75) is 59.3 Å². The molecule has 0 unspecified atom stereocenters. The van der Waals surface area contributed by atoms with Gasteiger partial charge in [0.25, 0.3) is 0 Å². The summed E-state index contributed by atoms with van der Waals surface area (Å²) in [7, 11) is 0. The first-order chi connectivity index (χ1) is 10.9. The number of Topliss-reactive ketones (excluding diaryl/α,β-unsaturated/α-hetero) is 3. The van der Waals surface area contributed by atoms with Gasteiger partial charge in [0, 0.05) is 37.2 Å². The third-order valence-corrected chi connectivity index (χ3v) is 2.04. The molecule has 0 aliphatic heterocycles. The van der Waals surface area contributed by atoms with Crippen molar-refractivity contribution < 1.29 is 61.2 Å². The van der Waals surface area contributed by atoms with Gasteiger partial charge in [0.05, 0.1) is 0 Å². The minimum absolute atomic E-state index is 0. The fourth-order valence-electron chi connectivity index (χ4n) is 0.834. The van der Waals surface area contributed by atoms with Gasteiger partial charge in [0.15, 0.2) is 0 Å². The molecule has 0 bridgehead atoms. The van der Waals surface area contributed by atoms with Gasteiger partial charge in [-0.25, -0.2) is 0 Å². The van der Waals surface area contributed by atoms with Crippen molar-refractivity contribution in [3.63, 3.8) is 0 Å². The predicted octanol–water partition coefficient (Wildman–Crippen LogP) is -2.69. The maximum Gasteiger partial charge on any atom is 3.00 e. The van der Waals surface area contributed by atoms with Crippen molar-refractivity contribution in [3.8, 4) is 0 Å². The van der Waals surface area contributed by atoms with E-state index in [2.05, 4.69) is 0 Å². The SMILES string of the molecule is CC(=O)CCC(=O)[O-].CC(=O)CCC(=O)[O-].CC(=O)CCC(=O)[O-].[Fe+3]. The van der Waals surface area contributed by atoms with Crippen LogP contribution >= 0.6 is 0 Å². The van der Waals surface area contributed by atoms with Gasteiger partial charge in [-0.15, -0.1) is 0 Å². The average molecular weight is 401 g/mol. The first-order valence-electron chi connectivity index (χ1n) is 6.96. The first kappa shape index (κ1) is 30.8. The number of aliphatic carboxylic acids is 3. The van der Waals surface area contributed by atoms with Crippen LogP contribution in [0.25, 0.3) is 0 Å².